The highest BCUT2D eigenvalue weighted by Gasteiger charge is 2.22. The molecule has 162 valence electrons. The molecule has 0 aliphatic carbocycles. The van der Waals surface area contributed by atoms with Crippen LogP contribution in [0.1, 0.15) is 18.4 Å². The van der Waals surface area contributed by atoms with Crippen molar-refractivity contribution in [1.82, 2.24) is 20.1 Å². The fourth-order valence-electron chi connectivity index (χ4n) is 3.54. The number of halogens is 1. The van der Waals surface area contributed by atoms with Gasteiger partial charge < -0.3 is 10.1 Å². The van der Waals surface area contributed by atoms with Crippen molar-refractivity contribution < 1.29 is 13.9 Å². The summed E-state index contributed by atoms with van der Waals surface area (Å²) in [6.07, 6.45) is 2.89. The molecule has 1 aromatic heterocycles. The van der Waals surface area contributed by atoms with Gasteiger partial charge in [-0.2, -0.15) is 0 Å². The van der Waals surface area contributed by atoms with Gasteiger partial charge in [-0.1, -0.05) is 42.1 Å². The standard InChI is InChI=1S/C23H25FN4O2S/c24-19-10-8-18(9-11-19)22-26-27-23(28(22)15-20-7-4-14-30-20)31-16-21(29)25-13-12-17-5-2-1-3-6-17/h1-3,5-6,8-11,20H,4,7,12-16H2,(H,25,29). The van der Waals surface area contributed by atoms with Crippen LogP contribution in [0.3, 0.4) is 0 Å². The predicted octanol–water partition coefficient (Wildman–Crippen LogP) is 3.71. The third-order valence-corrected chi connectivity index (χ3v) is 6.11. The number of amides is 1. The molecule has 2 aromatic carbocycles. The van der Waals surface area contributed by atoms with E-state index in [0.717, 1.165) is 31.4 Å². The summed E-state index contributed by atoms with van der Waals surface area (Å²) in [5.41, 5.74) is 1.97. The van der Waals surface area contributed by atoms with Crippen LogP contribution in [-0.2, 0) is 22.5 Å². The van der Waals surface area contributed by atoms with Gasteiger partial charge in [0.05, 0.1) is 18.4 Å². The minimum absolute atomic E-state index is 0.0454. The van der Waals surface area contributed by atoms with E-state index in [4.69, 9.17) is 4.74 Å². The average molecular weight is 441 g/mol. The minimum Gasteiger partial charge on any atom is -0.376 e. The third kappa shape index (κ3) is 5.92. The Bertz CT molecular complexity index is 989. The number of ether oxygens (including phenoxy) is 1. The van der Waals surface area contributed by atoms with E-state index < -0.39 is 0 Å². The first-order valence-corrected chi connectivity index (χ1v) is 11.4. The summed E-state index contributed by atoms with van der Waals surface area (Å²) in [4.78, 5) is 12.3. The lowest BCUT2D eigenvalue weighted by molar-refractivity contribution is -0.118. The second-order valence-electron chi connectivity index (χ2n) is 7.43. The summed E-state index contributed by atoms with van der Waals surface area (Å²) >= 11 is 1.35. The zero-order chi connectivity index (χ0) is 21.5. The van der Waals surface area contributed by atoms with Crippen molar-refractivity contribution in [1.29, 1.82) is 0 Å². The van der Waals surface area contributed by atoms with Gasteiger partial charge in [-0.15, -0.1) is 10.2 Å². The van der Waals surface area contributed by atoms with Gasteiger partial charge in [0.25, 0.3) is 0 Å². The maximum Gasteiger partial charge on any atom is 0.230 e. The Morgan fingerprint density at radius 2 is 1.97 bits per heavy atom. The van der Waals surface area contributed by atoms with Gasteiger partial charge in [0, 0.05) is 18.7 Å². The van der Waals surface area contributed by atoms with E-state index in [-0.39, 0.29) is 23.6 Å². The highest BCUT2D eigenvalue weighted by atomic mass is 32.2. The monoisotopic (exact) mass is 440 g/mol. The second kappa shape index (κ2) is 10.5. The average Bonchev–Trinajstić information content (AvgIpc) is 3.44. The van der Waals surface area contributed by atoms with E-state index in [1.165, 1.54) is 29.5 Å². The molecule has 1 fully saturated rings. The summed E-state index contributed by atoms with van der Waals surface area (Å²) in [5.74, 6) is 0.566. The van der Waals surface area contributed by atoms with E-state index in [2.05, 4.69) is 15.5 Å². The second-order valence-corrected chi connectivity index (χ2v) is 8.38. The van der Waals surface area contributed by atoms with Gasteiger partial charge in [0.1, 0.15) is 5.82 Å². The lowest BCUT2D eigenvalue weighted by Crippen LogP contribution is -2.27. The van der Waals surface area contributed by atoms with Crippen molar-refractivity contribution in [2.24, 2.45) is 0 Å². The maximum absolute atomic E-state index is 13.3. The van der Waals surface area contributed by atoms with Crippen LogP contribution in [0.15, 0.2) is 59.8 Å². The predicted molar refractivity (Wildman–Crippen MR) is 118 cm³/mol. The SMILES string of the molecule is O=C(CSc1nnc(-c2ccc(F)cc2)n1CC1CCCO1)NCCc1ccccc1. The Labute approximate surface area is 185 Å². The Morgan fingerprint density at radius 1 is 1.16 bits per heavy atom. The molecule has 1 unspecified atom stereocenters. The molecular formula is C23H25FN4O2S. The maximum atomic E-state index is 13.3. The fraction of sp³-hybridized carbons (Fsp3) is 0.348. The van der Waals surface area contributed by atoms with Crippen molar-refractivity contribution in [2.45, 2.75) is 37.1 Å². The molecule has 0 bridgehead atoms. The van der Waals surface area contributed by atoms with Gasteiger partial charge in [-0.05, 0) is 49.1 Å². The minimum atomic E-state index is -0.296. The van der Waals surface area contributed by atoms with E-state index in [1.54, 1.807) is 12.1 Å². The lowest BCUT2D eigenvalue weighted by Gasteiger charge is -2.14. The number of aromatic nitrogens is 3. The largest absolute Gasteiger partial charge is 0.376 e. The van der Waals surface area contributed by atoms with Crippen LogP contribution in [-0.4, -0.2) is 45.7 Å². The number of carbonyl (C=O) groups excluding carboxylic acids is 1. The first-order chi connectivity index (χ1) is 15.2. The Kier molecular flexibility index (Phi) is 7.32. The van der Waals surface area contributed by atoms with Gasteiger partial charge in [0.2, 0.25) is 5.91 Å². The van der Waals surface area contributed by atoms with Gasteiger partial charge in [-0.3, -0.25) is 9.36 Å². The molecular weight excluding hydrogens is 415 g/mol. The van der Waals surface area contributed by atoms with Crippen molar-refractivity contribution >= 4 is 17.7 Å². The highest BCUT2D eigenvalue weighted by molar-refractivity contribution is 7.99. The quantitative estimate of drug-likeness (QED) is 0.514. The van der Waals surface area contributed by atoms with Crippen molar-refractivity contribution in [3.05, 3.63) is 66.0 Å². The van der Waals surface area contributed by atoms with Crippen LogP contribution in [0.2, 0.25) is 0 Å². The highest BCUT2D eigenvalue weighted by Crippen LogP contribution is 2.26. The van der Waals surface area contributed by atoms with Crippen LogP contribution in [0, 0.1) is 5.82 Å². The van der Waals surface area contributed by atoms with Crippen molar-refractivity contribution in [2.75, 3.05) is 18.9 Å². The van der Waals surface area contributed by atoms with Gasteiger partial charge >= 0.3 is 0 Å². The van der Waals surface area contributed by atoms with Crippen molar-refractivity contribution in [3.8, 4) is 11.4 Å². The molecule has 1 saturated heterocycles. The topological polar surface area (TPSA) is 69.0 Å². The van der Waals surface area contributed by atoms with E-state index >= 15 is 0 Å². The number of hydrogen-bond donors (Lipinski definition) is 1. The molecule has 4 rings (SSSR count). The lowest BCUT2D eigenvalue weighted by atomic mass is 10.1. The number of rotatable bonds is 9. The summed E-state index contributed by atoms with van der Waals surface area (Å²) < 4.78 is 21.1. The molecule has 6 nitrogen and oxygen atoms in total. The molecule has 3 aromatic rings. The number of thioether (sulfide) groups is 1. The number of benzene rings is 2. The molecule has 1 amide bonds. The van der Waals surface area contributed by atoms with Crippen LogP contribution in [0.4, 0.5) is 4.39 Å². The molecule has 0 saturated carbocycles. The first kappa shape index (κ1) is 21.5. The number of nitrogens with zero attached hydrogens (tertiary/aromatic N) is 3. The Morgan fingerprint density at radius 3 is 2.71 bits per heavy atom. The van der Waals surface area contributed by atoms with Gasteiger partial charge in [0.15, 0.2) is 11.0 Å². The zero-order valence-electron chi connectivity index (χ0n) is 17.2. The molecule has 0 spiro atoms. The van der Waals surface area contributed by atoms with E-state index in [1.807, 2.05) is 34.9 Å². The number of nitrogens with one attached hydrogen (secondary N) is 1. The van der Waals surface area contributed by atoms with Crippen molar-refractivity contribution in [3.63, 3.8) is 0 Å². The van der Waals surface area contributed by atoms with Crippen LogP contribution < -0.4 is 5.32 Å². The molecule has 2 heterocycles. The zero-order valence-corrected chi connectivity index (χ0v) is 18.0. The molecule has 1 N–H and O–H groups in total. The van der Waals surface area contributed by atoms with Gasteiger partial charge in [-0.25, -0.2) is 4.39 Å². The van der Waals surface area contributed by atoms with E-state index in [9.17, 15) is 9.18 Å². The normalized spacial score (nSPS) is 15.8. The summed E-state index contributed by atoms with van der Waals surface area (Å²) in [6, 6.07) is 16.3. The molecule has 1 aliphatic rings. The van der Waals surface area contributed by atoms with Crippen LogP contribution in [0.5, 0.6) is 0 Å². The third-order valence-electron chi connectivity index (χ3n) is 5.14. The molecule has 31 heavy (non-hydrogen) atoms. The summed E-state index contributed by atoms with van der Waals surface area (Å²) in [6.45, 7) is 1.95. The summed E-state index contributed by atoms with van der Waals surface area (Å²) in [7, 11) is 0. The number of carbonyl (C=O) groups is 1. The molecule has 1 aliphatic heterocycles. The number of hydrogen-bond acceptors (Lipinski definition) is 5. The van der Waals surface area contributed by atoms with E-state index in [0.29, 0.717) is 24.1 Å². The molecule has 1 atom stereocenters. The molecule has 8 heteroatoms. The smallest absolute Gasteiger partial charge is 0.230 e. The fourth-order valence-corrected chi connectivity index (χ4v) is 4.31. The first-order valence-electron chi connectivity index (χ1n) is 10.4. The van der Waals surface area contributed by atoms with Crippen LogP contribution >= 0.6 is 11.8 Å². The summed E-state index contributed by atoms with van der Waals surface area (Å²) in [5, 5.41) is 12.2. The molecule has 0 radical (unpaired) electrons. The Balaban J connectivity index is 1.39. The van der Waals surface area contributed by atoms with Crippen LogP contribution in [0.25, 0.3) is 11.4 Å². The Hall–Kier alpha value is -2.71.